The highest BCUT2D eigenvalue weighted by Crippen LogP contribution is 2.44. The van der Waals surface area contributed by atoms with Gasteiger partial charge in [0.05, 0.1) is 36.6 Å². The summed E-state index contributed by atoms with van der Waals surface area (Å²) in [5.41, 5.74) is 5.60. The van der Waals surface area contributed by atoms with Crippen LogP contribution in [0.1, 0.15) is 33.4 Å². The maximum absolute atomic E-state index is 15.9. The number of rotatable bonds is 3. The average molecular weight is 473 g/mol. The monoisotopic (exact) mass is 472 g/mol. The molecule has 0 spiro atoms. The van der Waals surface area contributed by atoms with Crippen molar-refractivity contribution in [3.63, 3.8) is 0 Å². The molecule has 0 saturated carbocycles. The molecule has 0 aliphatic carbocycles. The minimum Gasteiger partial charge on any atom is -0.381 e. The summed E-state index contributed by atoms with van der Waals surface area (Å²) in [6, 6.07) is 10.4. The van der Waals surface area contributed by atoms with Gasteiger partial charge in [-0.25, -0.2) is 9.37 Å². The predicted molar refractivity (Wildman–Crippen MR) is 129 cm³/mol. The minimum atomic E-state index is -0.605. The number of aromatic amines is 1. The first kappa shape index (κ1) is 20.6. The fourth-order valence-electron chi connectivity index (χ4n) is 5.94. The zero-order chi connectivity index (χ0) is 23.8. The Labute approximate surface area is 201 Å². The van der Waals surface area contributed by atoms with Gasteiger partial charge in [-0.15, -0.1) is 0 Å². The second-order valence-electron chi connectivity index (χ2n) is 9.82. The Hall–Kier alpha value is -3.72. The summed E-state index contributed by atoms with van der Waals surface area (Å²) < 4.78 is 23.1. The topological polar surface area (TPSA) is 79.3 Å². The Bertz CT molecular complexity index is 1480. The van der Waals surface area contributed by atoms with E-state index in [1.807, 2.05) is 44.3 Å². The molecule has 7 rings (SSSR count). The first-order valence-corrected chi connectivity index (χ1v) is 11.9. The third kappa shape index (κ3) is 2.97. The van der Waals surface area contributed by atoms with Crippen molar-refractivity contribution in [3.05, 3.63) is 71.1 Å². The van der Waals surface area contributed by atoms with Gasteiger partial charge in [-0.05, 0) is 37.3 Å². The Morgan fingerprint density at radius 1 is 1.09 bits per heavy atom. The van der Waals surface area contributed by atoms with Crippen LogP contribution in [0.4, 0.5) is 15.8 Å². The van der Waals surface area contributed by atoms with Crippen LogP contribution in [0.5, 0.6) is 0 Å². The zero-order valence-electron chi connectivity index (χ0n) is 19.5. The number of halogens is 1. The number of nitrogens with one attached hydrogen (secondary N) is 1. The molecule has 2 saturated heterocycles. The number of H-pyrrole nitrogens is 1. The summed E-state index contributed by atoms with van der Waals surface area (Å²) in [6.45, 7) is 5.25. The second kappa shape index (κ2) is 7.39. The van der Waals surface area contributed by atoms with E-state index in [-0.39, 0.29) is 11.7 Å². The van der Waals surface area contributed by atoms with E-state index in [1.165, 1.54) is 0 Å². The number of ether oxygens (including phenoxy) is 1. The standard InChI is InChI=1S/C26H25FN6O2/c1-14-23-24(30-31(14)2)26(34)33(18-4-6-21-22(8-18)29-13-28-21)25(23)19-5-3-17(7-20(19)27)32-9-15-11-35-12-16(15)10-32/h3-8,13,15-16,25H,9-12H2,1-2H3,(H,28,29)/t15-,16+,25?. The summed E-state index contributed by atoms with van der Waals surface area (Å²) in [5, 5.41) is 4.48. The van der Waals surface area contributed by atoms with Crippen LogP contribution in [0.25, 0.3) is 11.0 Å². The molecule has 3 aliphatic rings. The highest BCUT2D eigenvalue weighted by molar-refractivity contribution is 6.11. The van der Waals surface area contributed by atoms with Gasteiger partial charge in [-0.3, -0.25) is 14.4 Å². The number of hydrogen-bond donors (Lipinski definition) is 1. The summed E-state index contributed by atoms with van der Waals surface area (Å²) in [4.78, 5) is 24.9. The normalized spacial score (nSPS) is 23.5. The zero-order valence-corrected chi connectivity index (χ0v) is 19.5. The molecule has 1 unspecified atom stereocenters. The SMILES string of the molecule is Cc1c2c(nn1C)C(=O)N(c1ccc3nc[nH]c3c1)C2c1ccc(N2C[C@H]3COC[C@H]3C2)cc1F. The lowest BCUT2D eigenvalue weighted by Gasteiger charge is -2.28. The highest BCUT2D eigenvalue weighted by Gasteiger charge is 2.44. The molecule has 0 radical (unpaired) electrons. The Kier molecular flexibility index (Phi) is 4.36. The number of imidazole rings is 1. The Balaban J connectivity index is 1.32. The van der Waals surface area contributed by atoms with E-state index in [0.717, 1.165) is 54.3 Å². The number of nitrogens with zero attached hydrogens (tertiary/aromatic N) is 5. The molecule has 1 amide bonds. The molecule has 8 nitrogen and oxygen atoms in total. The molecule has 3 aliphatic heterocycles. The summed E-state index contributed by atoms with van der Waals surface area (Å²) >= 11 is 0. The smallest absolute Gasteiger partial charge is 0.280 e. The van der Waals surface area contributed by atoms with Gasteiger partial charge >= 0.3 is 0 Å². The van der Waals surface area contributed by atoms with Crippen LogP contribution in [0.15, 0.2) is 42.7 Å². The third-order valence-electron chi connectivity index (χ3n) is 7.90. The van der Waals surface area contributed by atoms with Crippen molar-refractivity contribution >= 4 is 28.3 Å². The number of anilines is 2. The van der Waals surface area contributed by atoms with Gasteiger partial charge in [0, 0.05) is 60.2 Å². The Morgan fingerprint density at radius 3 is 2.63 bits per heavy atom. The van der Waals surface area contributed by atoms with Gasteiger partial charge in [0.2, 0.25) is 0 Å². The number of fused-ring (bicyclic) bond motifs is 3. The van der Waals surface area contributed by atoms with Crippen molar-refractivity contribution in [2.75, 3.05) is 36.1 Å². The van der Waals surface area contributed by atoms with Crippen LogP contribution in [-0.2, 0) is 11.8 Å². The van der Waals surface area contributed by atoms with Crippen LogP contribution in [0.2, 0.25) is 0 Å². The van der Waals surface area contributed by atoms with Crippen LogP contribution in [-0.4, -0.2) is 52.0 Å². The average Bonchev–Trinajstić information content (AvgIpc) is 3.64. The molecular formula is C26H25FN6O2. The van der Waals surface area contributed by atoms with E-state index < -0.39 is 6.04 Å². The van der Waals surface area contributed by atoms with Gasteiger partial charge in [0.1, 0.15) is 5.82 Å². The second-order valence-corrected chi connectivity index (χ2v) is 9.82. The molecule has 1 N–H and O–H groups in total. The summed E-state index contributed by atoms with van der Waals surface area (Å²) in [6.07, 6.45) is 1.62. The number of carbonyl (C=O) groups excluding carboxylic acids is 1. The third-order valence-corrected chi connectivity index (χ3v) is 7.90. The van der Waals surface area contributed by atoms with E-state index >= 15 is 4.39 Å². The largest absolute Gasteiger partial charge is 0.381 e. The highest BCUT2D eigenvalue weighted by atomic mass is 19.1. The van der Waals surface area contributed by atoms with Crippen molar-refractivity contribution in [2.45, 2.75) is 13.0 Å². The van der Waals surface area contributed by atoms with Crippen molar-refractivity contribution < 1.29 is 13.9 Å². The maximum Gasteiger partial charge on any atom is 0.280 e. The van der Waals surface area contributed by atoms with Crippen LogP contribution >= 0.6 is 0 Å². The predicted octanol–water partition coefficient (Wildman–Crippen LogP) is 3.58. The fraction of sp³-hybridized carbons (Fsp3) is 0.346. The van der Waals surface area contributed by atoms with Crippen molar-refractivity contribution in [1.29, 1.82) is 0 Å². The fourth-order valence-corrected chi connectivity index (χ4v) is 5.94. The molecule has 35 heavy (non-hydrogen) atoms. The van der Waals surface area contributed by atoms with Gasteiger partial charge < -0.3 is 14.6 Å². The molecular weight excluding hydrogens is 447 g/mol. The summed E-state index contributed by atoms with van der Waals surface area (Å²) in [5.74, 6) is 0.470. The lowest BCUT2D eigenvalue weighted by molar-refractivity contribution is 0.0988. The number of benzene rings is 2. The van der Waals surface area contributed by atoms with E-state index in [2.05, 4.69) is 20.0 Å². The van der Waals surface area contributed by atoms with Gasteiger partial charge in [0.15, 0.2) is 5.69 Å². The van der Waals surface area contributed by atoms with Crippen molar-refractivity contribution in [3.8, 4) is 0 Å². The van der Waals surface area contributed by atoms with Gasteiger partial charge in [-0.1, -0.05) is 6.07 Å². The van der Waals surface area contributed by atoms with Crippen molar-refractivity contribution in [1.82, 2.24) is 19.7 Å². The molecule has 4 aromatic rings. The molecule has 2 aromatic heterocycles. The van der Waals surface area contributed by atoms with Crippen LogP contribution in [0, 0.1) is 24.6 Å². The maximum atomic E-state index is 15.9. The van der Waals surface area contributed by atoms with E-state index in [1.54, 1.807) is 22.0 Å². The molecule has 178 valence electrons. The molecule has 2 aromatic carbocycles. The van der Waals surface area contributed by atoms with Crippen molar-refractivity contribution in [2.24, 2.45) is 18.9 Å². The first-order chi connectivity index (χ1) is 17.0. The molecule has 3 atom stereocenters. The number of aryl methyl sites for hydroxylation is 1. The lowest BCUT2D eigenvalue weighted by atomic mass is 9.97. The molecule has 9 heteroatoms. The lowest BCUT2D eigenvalue weighted by Crippen LogP contribution is -2.30. The van der Waals surface area contributed by atoms with E-state index in [4.69, 9.17) is 4.74 Å². The Morgan fingerprint density at radius 2 is 1.86 bits per heavy atom. The van der Waals surface area contributed by atoms with Gasteiger partial charge in [-0.2, -0.15) is 5.10 Å². The molecule has 2 fully saturated rings. The quantitative estimate of drug-likeness (QED) is 0.493. The summed E-state index contributed by atoms with van der Waals surface area (Å²) in [7, 11) is 1.81. The van der Waals surface area contributed by atoms with E-state index in [9.17, 15) is 4.79 Å². The minimum absolute atomic E-state index is 0.233. The van der Waals surface area contributed by atoms with E-state index in [0.29, 0.717) is 28.8 Å². The van der Waals surface area contributed by atoms with Crippen LogP contribution < -0.4 is 9.80 Å². The molecule has 0 bridgehead atoms. The number of aromatic nitrogens is 4. The first-order valence-electron chi connectivity index (χ1n) is 11.9. The van der Waals surface area contributed by atoms with Gasteiger partial charge in [0.25, 0.3) is 5.91 Å². The van der Waals surface area contributed by atoms with Crippen LogP contribution in [0.3, 0.4) is 0 Å². The number of amides is 1. The number of hydrogen-bond acceptors (Lipinski definition) is 5. The number of carbonyl (C=O) groups is 1. The molecule has 5 heterocycles.